The summed E-state index contributed by atoms with van der Waals surface area (Å²) in [7, 11) is 0. The number of rotatable bonds is 5. The minimum absolute atomic E-state index is 0.0569. The van der Waals surface area contributed by atoms with E-state index in [1.807, 2.05) is 0 Å². The molecule has 0 atom stereocenters. The molecule has 0 aliphatic carbocycles. The molecule has 10 heteroatoms. The van der Waals surface area contributed by atoms with E-state index in [1.165, 1.54) is 18.5 Å². The number of aromatic nitrogens is 3. The van der Waals surface area contributed by atoms with Gasteiger partial charge in [-0.1, -0.05) is 28.4 Å². The van der Waals surface area contributed by atoms with Crippen molar-refractivity contribution in [3.8, 4) is 17.1 Å². The SMILES string of the molecule is O=[N+]([O-])c1ccc2c(OCc3cc(-c4ccc(Cl)cc4Cl)no3)ncnc2c1. The molecule has 2 heterocycles. The van der Waals surface area contributed by atoms with Crippen LogP contribution in [0.1, 0.15) is 5.76 Å². The molecule has 0 spiro atoms. The summed E-state index contributed by atoms with van der Waals surface area (Å²) in [6, 6.07) is 11.0. The lowest BCUT2D eigenvalue weighted by atomic mass is 10.1. The number of nitrogens with zero attached hydrogens (tertiary/aromatic N) is 4. The van der Waals surface area contributed by atoms with E-state index in [4.69, 9.17) is 32.5 Å². The number of nitro groups is 1. The van der Waals surface area contributed by atoms with Crippen molar-refractivity contribution in [3.63, 3.8) is 0 Å². The Balaban J connectivity index is 1.55. The third kappa shape index (κ3) is 3.60. The zero-order valence-corrected chi connectivity index (χ0v) is 15.5. The van der Waals surface area contributed by atoms with Crippen molar-refractivity contribution >= 4 is 39.8 Å². The predicted molar refractivity (Wildman–Crippen MR) is 102 cm³/mol. The normalized spacial score (nSPS) is 10.9. The number of fused-ring (bicyclic) bond motifs is 1. The first-order valence-electron chi connectivity index (χ1n) is 7.94. The van der Waals surface area contributed by atoms with Crippen LogP contribution in [0, 0.1) is 10.1 Å². The first-order valence-corrected chi connectivity index (χ1v) is 8.70. The summed E-state index contributed by atoms with van der Waals surface area (Å²) in [5.41, 5.74) is 1.58. The summed E-state index contributed by atoms with van der Waals surface area (Å²) in [6.07, 6.45) is 1.28. The smallest absolute Gasteiger partial charge is 0.271 e. The van der Waals surface area contributed by atoms with Crippen LogP contribution < -0.4 is 4.74 Å². The van der Waals surface area contributed by atoms with Crippen LogP contribution in [0.25, 0.3) is 22.2 Å². The molecular formula is C18H10Cl2N4O4. The van der Waals surface area contributed by atoms with E-state index < -0.39 is 4.92 Å². The van der Waals surface area contributed by atoms with E-state index in [2.05, 4.69) is 15.1 Å². The highest BCUT2D eigenvalue weighted by Gasteiger charge is 2.14. The minimum Gasteiger partial charge on any atom is -0.469 e. The molecule has 2 aromatic carbocycles. The van der Waals surface area contributed by atoms with Crippen molar-refractivity contribution < 1.29 is 14.2 Å². The van der Waals surface area contributed by atoms with Crippen molar-refractivity contribution in [2.24, 2.45) is 0 Å². The molecule has 0 N–H and O–H groups in total. The Labute approximate surface area is 167 Å². The zero-order chi connectivity index (χ0) is 19.7. The van der Waals surface area contributed by atoms with Gasteiger partial charge in [0.15, 0.2) is 12.4 Å². The second-order valence-corrected chi connectivity index (χ2v) is 6.57. The van der Waals surface area contributed by atoms with E-state index in [0.29, 0.717) is 38.0 Å². The number of halogens is 2. The van der Waals surface area contributed by atoms with Crippen LogP contribution in [0.2, 0.25) is 10.0 Å². The molecule has 0 bridgehead atoms. The van der Waals surface area contributed by atoms with Gasteiger partial charge in [-0.3, -0.25) is 10.1 Å². The second kappa shape index (κ2) is 7.41. The Morgan fingerprint density at radius 1 is 1.11 bits per heavy atom. The summed E-state index contributed by atoms with van der Waals surface area (Å²) in [4.78, 5) is 18.5. The van der Waals surface area contributed by atoms with Crippen molar-refractivity contribution in [1.29, 1.82) is 0 Å². The number of benzene rings is 2. The molecule has 2 aromatic heterocycles. The number of ether oxygens (including phenoxy) is 1. The number of hydrogen-bond donors (Lipinski definition) is 0. The molecule has 0 saturated carbocycles. The fourth-order valence-corrected chi connectivity index (χ4v) is 3.10. The summed E-state index contributed by atoms with van der Waals surface area (Å²) in [5, 5.41) is 16.4. The third-order valence-corrected chi connectivity index (χ3v) is 4.46. The zero-order valence-electron chi connectivity index (χ0n) is 14.0. The summed E-state index contributed by atoms with van der Waals surface area (Å²) < 4.78 is 11.0. The van der Waals surface area contributed by atoms with E-state index in [1.54, 1.807) is 30.3 Å². The molecule has 0 saturated heterocycles. The molecule has 4 rings (SSSR count). The summed E-state index contributed by atoms with van der Waals surface area (Å²) >= 11 is 12.1. The molecule has 4 aromatic rings. The maximum Gasteiger partial charge on any atom is 0.271 e. The van der Waals surface area contributed by atoms with Gasteiger partial charge in [0, 0.05) is 28.8 Å². The van der Waals surface area contributed by atoms with Gasteiger partial charge < -0.3 is 9.26 Å². The van der Waals surface area contributed by atoms with Crippen molar-refractivity contribution in [1.82, 2.24) is 15.1 Å². The Morgan fingerprint density at radius 2 is 1.96 bits per heavy atom. The van der Waals surface area contributed by atoms with E-state index in [-0.39, 0.29) is 18.2 Å². The third-order valence-electron chi connectivity index (χ3n) is 3.91. The number of nitro benzene ring substituents is 1. The van der Waals surface area contributed by atoms with Crippen LogP contribution in [-0.4, -0.2) is 20.0 Å². The molecule has 28 heavy (non-hydrogen) atoms. The quantitative estimate of drug-likeness (QED) is 0.329. The standard InChI is InChI=1S/C18H10Cl2N4O4/c19-10-1-3-13(15(20)5-10)17-7-12(28-23-17)8-27-18-14-4-2-11(24(25)26)6-16(14)21-9-22-18/h1-7,9H,8H2. The molecule has 0 radical (unpaired) electrons. The Kier molecular flexibility index (Phi) is 4.81. The van der Waals surface area contributed by atoms with Gasteiger partial charge in [-0.05, 0) is 24.3 Å². The van der Waals surface area contributed by atoms with E-state index in [0.717, 1.165) is 0 Å². The van der Waals surface area contributed by atoms with E-state index >= 15 is 0 Å². The lowest BCUT2D eigenvalue weighted by Gasteiger charge is -2.05. The second-order valence-electron chi connectivity index (χ2n) is 5.73. The van der Waals surface area contributed by atoms with Crippen molar-refractivity contribution in [2.75, 3.05) is 0 Å². The Morgan fingerprint density at radius 3 is 2.75 bits per heavy atom. The molecule has 0 unspecified atom stereocenters. The van der Waals surface area contributed by atoms with Crippen LogP contribution in [0.3, 0.4) is 0 Å². The van der Waals surface area contributed by atoms with Gasteiger partial charge in [-0.15, -0.1) is 0 Å². The molecule has 0 aliphatic heterocycles. The van der Waals surface area contributed by atoms with Gasteiger partial charge >= 0.3 is 0 Å². The summed E-state index contributed by atoms with van der Waals surface area (Å²) in [5.74, 6) is 0.733. The molecule has 0 amide bonds. The van der Waals surface area contributed by atoms with Crippen LogP contribution in [0.4, 0.5) is 5.69 Å². The molecule has 0 fully saturated rings. The van der Waals surface area contributed by atoms with Gasteiger partial charge in [-0.25, -0.2) is 9.97 Å². The van der Waals surface area contributed by atoms with Crippen LogP contribution in [0.15, 0.2) is 53.3 Å². The van der Waals surface area contributed by atoms with Gasteiger partial charge in [0.2, 0.25) is 5.88 Å². The van der Waals surface area contributed by atoms with Gasteiger partial charge in [0.05, 0.1) is 20.8 Å². The number of non-ortho nitro benzene ring substituents is 1. The van der Waals surface area contributed by atoms with Crippen LogP contribution >= 0.6 is 23.2 Å². The highest BCUT2D eigenvalue weighted by molar-refractivity contribution is 6.36. The highest BCUT2D eigenvalue weighted by atomic mass is 35.5. The maximum absolute atomic E-state index is 10.9. The topological polar surface area (TPSA) is 104 Å². The molecular weight excluding hydrogens is 407 g/mol. The first-order chi connectivity index (χ1) is 13.5. The largest absolute Gasteiger partial charge is 0.469 e. The minimum atomic E-state index is -0.486. The van der Waals surface area contributed by atoms with Crippen LogP contribution in [-0.2, 0) is 6.61 Å². The van der Waals surface area contributed by atoms with Crippen molar-refractivity contribution in [3.05, 3.63) is 74.7 Å². The molecule has 8 nitrogen and oxygen atoms in total. The lowest BCUT2D eigenvalue weighted by molar-refractivity contribution is -0.384. The Bertz CT molecular complexity index is 1200. The van der Waals surface area contributed by atoms with Gasteiger partial charge in [0.25, 0.3) is 5.69 Å². The average molecular weight is 417 g/mol. The van der Waals surface area contributed by atoms with Gasteiger partial charge in [-0.2, -0.15) is 0 Å². The Hall–Kier alpha value is -3.23. The van der Waals surface area contributed by atoms with Gasteiger partial charge in [0.1, 0.15) is 12.0 Å². The fourth-order valence-electron chi connectivity index (χ4n) is 2.59. The highest BCUT2D eigenvalue weighted by Crippen LogP contribution is 2.30. The molecule has 0 aliphatic rings. The monoisotopic (exact) mass is 416 g/mol. The number of hydrogen-bond acceptors (Lipinski definition) is 7. The molecule has 140 valence electrons. The fraction of sp³-hybridized carbons (Fsp3) is 0.0556. The average Bonchev–Trinajstić information content (AvgIpc) is 3.14. The maximum atomic E-state index is 10.9. The van der Waals surface area contributed by atoms with Crippen LogP contribution in [0.5, 0.6) is 5.88 Å². The predicted octanol–water partition coefficient (Wildman–Crippen LogP) is 5.08. The van der Waals surface area contributed by atoms with Crippen molar-refractivity contribution in [2.45, 2.75) is 6.61 Å². The lowest BCUT2D eigenvalue weighted by Crippen LogP contribution is -1.98. The summed E-state index contributed by atoms with van der Waals surface area (Å²) in [6.45, 7) is 0.0569. The van der Waals surface area contributed by atoms with E-state index in [9.17, 15) is 10.1 Å². The first kappa shape index (κ1) is 18.1.